The molecule has 0 saturated carbocycles. The number of aromatic nitrogens is 1. The summed E-state index contributed by atoms with van der Waals surface area (Å²) >= 11 is 5.85. The number of rotatable bonds is 3. The topological polar surface area (TPSA) is 22.1 Å². The van der Waals surface area contributed by atoms with Gasteiger partial charge in [-0.05, 0) is 26.0 Å². The lowest BCUT2D eigenvalue weighted by atomic mass is 10.4. The highest BCUT2D eigenvalue weighted by Gasteiger charge is 2.00. The average molecular weight is 198 g/mol. The second kappa shape index (κ2) is 4.87. The lowest BCUT2D eigenvalue weighted by Gasteiger charge is -2.04. The highest BCUT2D eigenvalue weighted by Crippen LogP contribution is 2.21. The van der Waals surface area contributed by atoms with E-state index in [1.165, 1.54) is 0 Å². The van der Waals surface area contributed by atoms with E-state index in [-0.39, 0.29) is 0 Å². The van der Waals surface area contributed by atoms with Gasteiger partial charge in [-0.25, -0.2) is 4.98 Å². The minimum Gasteiger partial charge on any atom is -0.486 e. The summed E-state index contributed by atoms with van der Waals surface area (Å²) < 4.78 is 5.35. The van der Waals surface area contributed by atoms with Gasteiger partial charge < -0.3 is 4.74 Å². The Kier molecular flexibility index (Phi) is 3.77. The van der Waals surface area contributed by atoms with Gasteiger partial charge in [0.2, 0.25) is 0 Å². The molecule has 2 nitrogen and oxygen atoms in total. The third kappa shape index (κ3) is 3.07. The second-order valence-corrected chi connectivity index (χ2v) is 2.98. The fourth-order valence-corrected chi connectivity index (χ4v) is 1.10. The highest BCUT2D eigenvalue weighted by molar-refractivity contribution is 6.30. The Morgan fingerprint density at radius 3 is 2.92 bits per heavy atom. The summed E-state index contributed by atoms with van der Waals surface area (Å²) in [5.41, 5.74) is 0.892. The van der Waals surface area contributed by atoms with Crippen LogP contribution in [0.1, 0.15) is 12.6 Å². The van der Waals surface area contributed by atoms with Crippen LogP contribution in [0.5, 0.6) is 5.75 Å². The maximum absolute atomic E-state index is 5.85. The van der Waals surface area contributed by atoms with Crippen molar-refractivity contribution in [1.29, 1.82) is 0 Å². The Balaban J connectivity index is 2.66. The molecule has 0 fully saturated rings. The van der Waals surface area contributed by atoms with E-state index in [4.69, 9.17) is 16.3 Å². The highest BCUT2D eigenvalue weighted by atomic mass is 35.5. The standard InChI is InChI=1S/C10H12ClNO/c1-3-4-7-13-9-6-5-8(2)12-10(9)11/h3-6H,7H2,1-2H3/b4-3+. The van der Waals surface area contributed by atoms with E-state index in [2.05, 4.69) is 4.98 Å². The molecule has 70 valence electrons. The molecule has 13 heavy (non-hydrogen) atoms. The summed E-state index contributed by atoms with van der Waals surface area (Å²) in [6.07, 6.45) is 3.84. The SMILES string of the molecule is C/C=C/COc1ccc(C)nc1Cl. The van der Waals surface area contributed by atoms with E-state index in [0.29, 0.717) is 17.5 Å². The van der Waals surface area contributed by atoms with E-state index >= 15 is 0 Å². The molecule has 0 aromatic carbocycles. The van der Waals surface area contributed by atoms with Crippen LogP contribution in [0.2, 0.25) is 5.15 Å². The molecular weight excluding hydrogens is 186 g/mol. The molecule has 1 heterocycles. The fraction of sp³-hybridized carbons (Fsp3) is 0.300. The first-order valence-electron chi connectivity index (χ1n) is 4.11. The van der Waals surface area contributed by atoms with E-state index in [1.807, 2.05) is 38.1 Å². The smallest absolute Gasteiger partial charge is 0.171 e. The molecule has 0 saturated heterocycles. The van der Waals surface area contributed by atoms with Crippen LogP contribution < -0.4 is 4.74 Å². The number of allylic oxidation sites excluding steroid dienone is 1. The molecule has 1 rings (SSSR count). The molecule has 0 unspecified atom stereocenters. The van der Waals surface area contributed by atoms with Gasteiger partial charge in [-0.1, -0.05) is 23.8 Å². The Morgan fingerprint density at radius 1 is 1.54 bits per heavy atom. The van der Waals surface area contributed by atoms with Crippen molar-refractivity contribution in [3.8, 4) is 5.75 Å². The van der Waals surface area contributed by atoms with Gasteiger partial charge in [-0.3, -0.25) is 0 Å². The minimum atomic E-state index is 0.421. The van der Waals surface area contributed by atoms with Crippen LogP contribution in [0.3, 0.4) is 0 Å². The zero-order chi connectivity index (χ0) is 9.68. The van der Waals surface area contributed by atoms with Crippen LogP contribution in [0, 0.1) is 6.92 Å². The molecular formula is C10H12ClNO. The Bertz CT molecular complexity index is 310. The summed E-state index contributed by atoms with van der Waals surface area (Å²) in [4.78, 5) is 4.07. The van der Waals surface area contributed by atoms with Crippen molar-refractivity contribution in [3.05, 3.63) is 35.1 Å². The van der Waals surface area contributed by atoms with Gasteiger partial charge >= 0.3 is 0 Å². The summed E-state index contributed by atoms with van der Waals surface area (Å²) in [5, 5.41) is 0.421. The van der Waals surface area contributed by atoms with Crippen LogP contribution in [0.25, 0.3) is 0 Å². The molecule has 0 N–H and O–H groups in total. The van der Waals surface area contributed by atoms with E-state index in [0.717, 1.165) is 5.69 Å². The van der Waals surface area contributed by atoms with Crippen LogP contribution in [-0.2, 0) is 0 Å². The van der Waals surface area contributed by atoms with Crippen LogP contribution in [0.15, 0.2) is 24.3 Å². The molecule has 0 radical (unpaired) electrons. The maximum Gasteiger partial charge on any atom is 0.171 e. The first-order chi connectivity index (χ1) is 6.24. The molecule has 0 aliphatic carbocycles. The molecule has 0 bridgehead atoms. The summed E-state index contributed by atoms with van der Waals surface area (Å²) in [6.45, 7) is 4.36. The van der Waals surface area contributed by atoms with Gasteiger partial charge in [-0.15, -0.1) is 0 Å². The zero-order valence-electron chi connectivity index (χ0n) is 7.75. The Hall–Kier alpha value is -1.02. The number of hydrogen-bond donors (Lipinski definition) is 0. The van der Waals surface area contributed by atoms with Gasteiger partial charge in [0.05, 0.1) is 0 Å². The van der Waals surface area contributed by atoms with Crippen LogP contribution in [0.4, 0.5) is 0 Å². The monoisotopic (exact) mass is 197 g/mol. The first kappa shape index (κ1) is 10.1. The molecule has 0 aliphatic heterocycles. The third-order valence-electron chi connectivity index (χ3n) is 1.52. The summed E-state index contributed by atoms with van der Waals surface area (Å²) in [5.74, 6) is 0.630. The number of nitrogens with zero attached hydrogens (tertiary/aromatic N) is 1. The average Bonchev–Trinajstić information content (AvgIpc) is 2.09. The molecule has 1 aromatic rings. The van der Waals surface area contributed by atoms with Gasteiger partial charge in [0, 0.05) is 5.69 Å². The minimum absolute atomic E-state index is 0.421. The number of ether oxygens (including phenoxy) is 1. The van der Waals surface area contributed by atoms with E-state index in [1.54, 1.807) is 0 Å². The fourth-order valence-electron chi connectivity index (χ4n) is 0.854. The normalized spacial score (nSPS) is 10.7. The van der Waals surface area contributed by atoms with Crippen molar-refractivity contribution in [1.82, 2.24) is 4.98 Å². The quantitative estimate of drug-likeness (QED) is 0.549. The molecule has 0 amide bonds. The Labute approximate surface area is 83.2 Å². The Morgan fingerprint density at radius 2 is 2.31 bits per heavy atom. The molecule has 1 aromatic heterocycles. The van der Waals surface area contributed by atoms with Crippen LogP contribution >= 0.6 is 11.6 Å². The van der Waals surface area contributed by atoms with Gasteiger partial charge in [0.15, 0.2) is 10.9 Å². The zero-order valence-corrected chi connectivity index (χ0v) is 8.51. The van der Waals surface area contributed by atoms with E-state index in [9.17, 15) is 0 Å². The second-order valence-electron chi connectivity index (χ2n) is 2.62. The molecule has 3 heteroatoms. The van der Waals surface area contributed by atoms with E-state index < -0.39 is 0 Å². The van der Waals surface area contributed by atoms with Crippen molar-refractivity contribution >= 4 is 11.6 Å². The molecule has 0 atom stereocenters. The number of hydrogen-bond acceptors (Lipinski definition) is 2. The van der Waals surface area contributed by atoms with Crippen LogP contribution in [-0.4, -0.2) is 11.6 Å². The third-order valence-corrected chi connectivity index (χ3v) is 1.80. The van der Waals surface area contributed by atoms with Gasteiger partial charge in [-0.2, -0.15) is 0 Å². The molecule has 0 aliphatic rings. The maximum atomic E-state index is 5.85. The predicted molar refractivity (Wildman–Crippen MR) is 54.3 cm³/mol. The lowest BCUT2D eigenvalue weighted by molar-refractivity contribution is 0.361. The summed E-state index contributed by atoms with van der Waals surface area (Å²) in [7, 11) is 0. The number of pyridine rings is 1. The van der Waals surface area contributed by atoms with Crippen molar-refractivity contribution in [2.75, 3.05) is 6.61 Å². The van der Waals surface area contributed by atoms with Crippen molar-refractivity contribution in [3.63, 3.8) is 0 Å². The summed E-state index contributed by atoms with van der Waals surface area (Å²) in [6, 6.07) is 3.70. The number of halogens is 1. The number of aryl methyl sites for hydroxylation is 1. The van der Waals surface area contributed by atoms with Crippen molar-refractivity contribution in [2.45, 2.75) is 13.8 Å². The van der Waals surface area contributed by atoms with Gasteiger partial charge in [0.1, 0.15) is 6.61 Å². The predicted octanol–water partition coefficient (Wildman–Crippen LogP) is 3.00. The van der Waals surface area contributed by atoms with Crippen molar-refractivity contribution < 1.29 is 4.74 Å². The molecule has 0 spiro atoms. The van der Waals surface area contributed by atoms with Crippen molar-refractivity contribution in [2.24, 2.45) is 0 Å². The lowest BCUT2D eigenvalue weighted by Crippen LogP contribution is -1.95. The van der Waals surface area contributed by atoms with Gasteiger partial charge in [0.25, 0.3) is 0 Å². The first-order valence-corrected chi connectivity index (χ1v) is 4.49. The largest absolute Gasteiger partial charge is 0.486 e.